The summed E-state index contributed by atoms with van der Waals surface area (Å²) in [7, 11) is -1.56. The molecule has 0 aliphatic rings. The van der Waals surface area contributed by atoms with Gasteiger partial charge in [0.1, 0.15) is 0 Å². The van der Waals surface area contributed by atoms with Gasteiger partial charge in [0.15, 0.2) is 8.32 Å². The number of hydrogen-bond acceptors (Lipinski definition) is 2. The van der Waals surface area contributed by atoms with Crippen molar-refractivity contribution in [2.75, 3.05) is 13.2 Å². The van der Waals surface area contributed by atoms with Crippen LogP contribution in [0.4, 0.5) is 0 Å². The number of aliphatic hydroxyl groups is 1. The van der Waals surface area contributed by atoms with E-state index in [9.17, 15) is 0 Å². The normalized spacial score (nSPS) is 15.3. The van der Waals surface area contributed by atoms with E-state index in [2.05, 4.69) is 46.9 Å². The molecule has 1 atom stereocenters. The second-order valence-corrected chi connectivity index (χ2v) is 11.6. The lowest BCUT2D eigenvalue weighted by Crippen LogP contribution is -2.41. The molecule has 0 amide bonds. The van der Waals surface area contributed by atoms with Crippen molar-refractivity contribution in [1.29, 1.82) is 0 Å². The van der Waals surface area contributed by atoms with Crippen molar-refractivity contribution in [3.63, 3.8) is 0 Å². The number of allylic oxidation sites excluding steroid dienone is 1. The van der Waals surface area contributed by atoms with Crippen LogP contribution >= 0.6 is 0 Å². The van der Waals surface area contributed by atoms with Crippen molar-refractivity contribution < 1.29 is 9.53 Å². The summed E-state index contributed by atoms with van der Waals surface area (Å²) in [5, 5.41) is 8.96. The molecule has 0 spiro atoms. The largest absolute Gasteiger partial charge is 0.417 e. The third kappa shape index (κ3) is 7.34. The highest BCUT2D eigenvalue weighted by molar-refractivity contribution is 6.74. The van der Waals surface area contributed by atoms with E-state index < -0.39 is 8.32 Å². The van der Waals surface area contributed by atoms with Crippen molar-refractivity contribution >= 4 is 8.32 Å². The smallest absolute Gasteiger partial charge is 0.191 e. The molecule has 18 heavy (non-hydrogen) atoms. The van der Waals surface area contributed by atoms with E-state index in [1.54, 1.807) is 0 Å². The number of aliphatic hydroxyl groups excluding tert-OH is 1. The second kappa shape index (κ2) is 8.13. The molecule has 0 aliphatic heterocycles. The minimum atomic E-state index is -1.56. The maximum Gasteiger partial charge on any atom is 0.191 e. The molecule has 3 heteroatoms. The van der Waals surface area contributed by atoms with Gasteiger partial charge in [-0.2, -0.15) is 0 Å². The zero-order valence-electron chi connectivity index (χ0n) is 13.1. The molecule has 1 N–H and O–H groups in total. The van der Waals surface area contributed by atoms with Crippen LogP contribution in [0.3, 0.4) is 0 Å². The van der Waals surface area contributed by atoms with Crippen LogP contribution in [0.25, 0.3) is 0 Å². The fourth-order valence-corrected chi connectivity index (χ4v) is 2.58. The molecule has 0 bridgehead atoms. The molecule has 0 aromatic heterocycles. The first-order valence-corrected chi connectivity index (χ1v) is 10.0. The highest BCUT2D eigenvalue weighted by atomic mass is 28.4. The van der Waals surface area contributed by atoms with E-state index in [4.69, 9.17) is 9.53 Å². The van der Waals surface area contributed by atoms with E-state index in [-0.39, 0.29) is 6.61 Å². The first kappa shape index (κ1) is 17.9. The summed E-state index contributed by atoms with van der Waals surface area (Å²) in [4.78, 5) is 0. The van der Waals surface area contributed by atoms with Crippen molar-refractivity contribution in [3.05, 3.63) is 12.2 Å². The Morgan fingerprint density at radius 1 is 1.22 bits per heavy atom. The van der Waals surface area contributed by atoms with Gasteiger partial charge in [-0.1, -0.05) is 39.8 Å². The maximum atomic E-state index is 8.66. The quantitative estimate of drug-likeness (QED) is 0.404. The molecule has 0 unspecified atom stereocenters. The molecule has 108 valence electrons. The predicted molar refractivity (Wildman–Crippen MR) is 82.4 cm³/mol. The lowest BCUT2D eigenvalue weighted by Gasteiger charge is -2.36. The van der Waals surface area contributed by atoms with E-state index in [1.165, 1.54) is 6.42 Å². The monoisotopic (exact) mass is 272 g/mol. The van der Waals surface area contributed by atoms with Gasteiger partial charge in [0.2, 0.25) is 0 Å². The van der Waals surface area contributed by atoms with Gasteiger partial charge in [-0.15, -0.1) is 0 Å². The Bertz CT molecular complexity index is 241. The number of rotatable bonds is 8. The zero-order valence-corrected chi connectivity index (χ0v) is 14.1. The van der Waals surface area contributed by atoms with Crippen molar-refractivity contribution in [3.8, 4) is 0 Å². The fourth-order valence-electron chi connectivity index (χ4n) is 1.50. The van der Waals surface area contributed by atoms with Gasteiger partial charge < -0.3 is 9.53 Å². The first-order chi connectivity index (χ1) is 8.20. The zero-order chi connectivity index (χ0) is 14.2. The van der Waals surface area contributed by atoms with Crippen LogP contribution < -0.4 is 0 Å². The average Bonchev–Trinajstić information content (AvgIpc) is 2.23. The van der Waals surface area contributed by atoms with Crippen LogP contribution in [0.5, 0.6) is 0 Å². The third-order valence-electron chi connectivity index (χ3n) is 3.92. The van der Waals surface area contributed by atoms with Crippen LogP contribution in [-0.2, 0) is 4.43 Å². The Kier molecular flexibility index (Phi) is 8.07. The van der Waals surface area contributed by atoms with Crippen LogP contribution in [0.2, 0.25) is 18.1 Å². The van der Waals surface area contributed by atoms with Gasteiger partial charge in [0, 0.05) is 6.61 Å². The minimum Gasteiger partial charge on any atom is -0.417 e. The van der Waals surface area contributed by atoms with Gasteiger partial charge in [-0.25, -0.2) is 0 Å². The summed E-state index contributed by atoms with van der Waals surface area (Å²) in [5.74, 6) is 0.677. The summed E-state index contributed by atoms with van der Waals surface area (Å²) in [6, 6.07) is 0. The molecule has 2 nitrogen and oxygen atoms in total. The Morgan fingerprint density at radius 2 is 1.83 bits per heavy atom. The Hall–Kier alpha value is -0.123. The summed E-state index contributed by atoms with van der Waals surface area (Å²) in [6.07, 6.45) is 7.29. The maximum absolute atomic E-state index is 8.66. The van der Waals surface area contributed by atoms with Crippen molar-refractivity contribution in [1.82, 2.24) is 0 Å². The topological polar surface area (TPSA) is 29.5 Å². The summed E-state index contributed by atoms with van der Waals surface area (Å²) >= 11 is 0. The van der Waals surface area contributed by atoms with E-state index >= 15 is 0 Å². The average molecular weight is 273 g/mol. The van der Waals surface area contributed by atoms with Crippen LogP contribution in [0.15, 0.2) is 12.2 Å². The van der Waals surface area contributed by atoms with Crippen LogP contribution in [0.1, 0.15) is 47.0 Å². The van der Waals surface area contributed by atoms with E-state index in [0.29, 0.717) is 11.0 Å². The lowest BCUT2D eigenvalue weighted by molar-refractivity contribution is 0.270. The molecule has 0 fully saturated rings. The fraction of sp³-hybridized carbons (Fsp3) is 0.867. The Labute approximate surface area is 115 Å². The molecular weight excluding hydrogens is 240 g/mol. The Morgan fingerprint density at radius 3 is 2.33 bits per heavy atom. The van der Waals surface area contributed by atoms with Gasteiger partial charge in [0.05, 0.1) is 6.61 Å². The molecule has 0 saturated heterocycles. The molecular formula is C15H32O2Si. The molecule has 0 rings (SSSR count). The third-order valence-corrected chi connectivity index (χ3v) is 8.46. The van der Waals surface area contributed by atoms with Gasteiger partial charge in [-0.3, -0.25) is 0 Å². The first-order valence-electron chi connectivity index (χ1n) is 7.10. The van der Waals surface area contributed by atoms with Crippen LogP contribution in [0, 0.1) is 5.92 Å². The molecule has 0 aromatic carbocycles. The van der Waals surface area contributed by atoms with E-state index in [1.807, 2.05) is 6.08 Å². The molecule has 0 saturated carbocycles. The molecule has 0 radical (unpaired) electrons. The highest BCUT2D eigenvalue weighted by Crippen LogP contribution is 2.36. The standard InChI is InChI=1S/C15H32O2Si/c1-14(10-7-8-12-16)11-9-13-17-18(5,6)15(2,3)4/h7-8,14,16H,9-13H2,1-6H3/b8-7+/t14-/m0/s1. The van der Waals surface area contributed by atoms with Crippen molar-refractivity contribution in [2.24, 2.45) is 5.92 Å². The highest BCUT2D eigenvalue weighted by Gasteiger charge is 2.36. The number of hydrogen-bond donors (Lipinski definition) is 1. The molecule has 0 heterocycles. The van der Waals surface area contributed by atoms with Crippen LogP contribution in [-0.4, -0.2) is 26.6 Å². The van der Waals surface area contributed by atoms with Gasteiger partial charge in [0.25, 0.3) is 0 Å². The van der Waals surface area contributed by atoms with Gasteiger partial charge in [-0.05, 0) is 43.3 Å². The predicted octanol–water partition coefficient (Wildman–Crippen LogP) is 4.36. The van der Waals surface area contributed by atoms with E-state index in [0.717, 1.165) is 19.4 Å². The minimum absolute atomic E-state index is 0.154. The lowest BCUT2D eigenvalue weighted by atomic mass is 10.0. The summed E-state index contributed by atoms with van der Waals surface area (Å²) in [5.41, 5.74) is 0. The Balaban J connectivity index is 3.77. The molecule has 0 aliphatic carbocycles. The SMILES string of the molecule is C[C@@H](C/C=C/CO)CCCO[Si](C)(C)C(C)(C)C. The van der Waals surface area contributed by atoms with Gasteiger partial charge >= 0.3 is 0 Å². The van der Waals surface area contributed by atoms with Crippen molar-refractivity contribution in [2.45, 2.75) is 65.1 Å². The molecule has 0 aromatic rings. The summed E-state index contributed by atoms with van der Waals surface area (Å²) in [6.45, 7) is 14.8. The summed E-state index contributed by atoms with van der Waals surface area (Å²) < 4.78 is 6.15. The second-order valence-electron chi connectivity index (χ2n) is 6.75.